The van der Waals surface area contributed by atoms with Crippen molar-refractivity contribution in [2.24, 2.45) is 0 Å². The molecule has 1 fully saturated rings. The maximum atomic E-state index is 13.0. The molecule has 1 aromatic rings. The summed E-state index contributed by atoms with van der Waals surface area (Å²) in [5.74, 6) is -2.50. The Labute approximate surface area is 112 Å². The Balaban J connectivity index is 2.62. The van der Waals surface area contributed by atoms with Crippen LogP contribution < -0.4 is 0 Å². The molecule has 0 radical (unpaired) electrons. The van der Waals surface area contributed by atoms with Crippen molar-refractivity contribution >= 4 is 15.8 Å². The van der Waals surface area contributed by atoms with E-state index in [9.17, 15) is 26.4 Å². The number of carboxylic acids is 1. The van der Waals surface area contributed by atoms with Crippen LogP contribution in [0.5, 0.6) is 0 Å². The predicted octanol–water partition coefficient (Wildman–Crippen LogP) is 1.13. The molecule has 1 atom stereocenters. The second-order valence-electron chi connectivity index (χ2n) is 4.96. The second kappa shape index (κ2) is 4.21. The van der Waals surface area contributed by atoms with Crippen LogP contribution in [-0.2, 0) is 21.6 Å². The minimum Gasteiger partial charge on any atom is -0.478 e. The van der Waals surface area contributed by atoms with Crippen molar-refractivity contribution in [1.29, 1.82) is 0 Å². The van der Waals surface area contributed by atoms with Gasteiger partial charge in [-0.25, -0.2) is 13.2 Å². The van der Waals surface area contributed by atoms with Gasteiger partial charge >= 0.3 is 12.1 Å². The smallest absolute Gasteiger partial charge is 0.433 e. The van der Waals surface area contributed by atoms with Gasteiger partial charge in [-0.1, -0.05) is 0 Å². The quantitative estimate of drug-likeness (QED) is 0.884. The van der Waals surface area contributed by atoms with Gasteiger partial charge in [0.05, 0.1) is 23.2 Å². The third-order valence-electron chi connectivity index (χ3n) is 3.26. The first-order valence-corrected chi connectivity index (χ1v) is 7.38. The van der Waals surface area contributed by atoms with Gasteiger partial charge in [0.1, 0.15) is 5.56 Å². The summed E-state index contributed by atoms with van der Waals surface area (Å²) in [5.41, 5.74) is -3.80. The molecule has 1 aliphatic rings. The maximum absolute atomic E-state index is 13.0. The van der Waals surface area contributed by atoms with E-state index < -0.39 is 44.5 Å². The number of carbonyl (C=O) groups is 1. The average Bonchev–Trinajstić information content (AvgIpc) is 2.80. The molecule has 1 saturated heterocycles. The van der Waals surface area contributed by atoms with Crippen LogP contribution in [0.2, 0.25) is 0 Å². The third-order valence-corrected chi connectivity index (χ3v) is 5.15. The fraction of sp³-hybridized carbons (Fsp3) is 0.600. The summed E-state index contributed by atoms with van der Waals surface area (Å²) < 4.78 is 62.6. The van der Waals surface area contributed by atoms with Crippen LogP contribution in [0.25, 0.3) is 0 Å². The highest BCUT2D eigenvalue weighted by molar-refractivity contribution is 7.91. The number of aromatic nitrogens is 2. The minimum absolute atomic E-state index is 0.0425. The van der Waals surface area contributed by atoms with E-state index in [4.69, 9.17) is 5.11 Å². The van der Waals surface area contributed by atoms with Crippen LogP contribution in [0.3, 0.4) is 0 Å². The van der Waals surface area contributed by atoms with Gasteiger partial charge in [0.15, 0.2) is 15.5 Å². The highest BCUT2D eigenvalue weighted by atomic mass is 32.2. The molecular formula is C10H11F3N2O4S. The van der Waals surface area contributed by atoms with Gasteiger partial charge in [0.2, 0.25) is 0 Å². The molecule has 1 N–H and O–H groups in total. The van der Waals surface area contributed by atoms with Gasteiger partial charge in [-0.05, 0) is 13.3 Å². The largest absolute Gasteiger partial charge is 0.478 e. The lowest BCUT2D eigenvalue weighted by Crippen LogP contribution is -2.36. The van der Waals surface area contributed by atoms with E-state index in [0.717, 1.165) is 0 Å². The molecule has 112 valence electrons. The van der Waals surface area contributed by atoms with Crippen molar-refractivity contribution in [1.82, 2.24) is 9.78 Å². The first-order valence-electron chi connectivity index (χ1n) is 5.56. The summed E-state index contributed by atoms with van der Waals surface area (Å²) in [6.07, 6.45) is -4.37. The summed E-state index contributed by atoms with van der Waals surface area (Å²) in [6.45, 7) is 1.32. The Morgan fingerprint density at radius 2 is 2.10 bits per heavy atom. The van der Waals surface area contributed by atoms with E-state index in [-0.39, 0.29) is 12.2 Å². The average molecular weight is 312 g/mol. The summed E-state index contributed by atoms with van der Waals surface area (Å²) >= 11 is 0. The minimum atomic E-state index is -4.93. The fourth-order valence-corrected chi connectivity index (χ4v) is 4.46. The van der Waals surface area contributed by atoms with Gasteiger partial charge in [0.25, 0.3) is 0 Å². The first kappa shape index (κ1) is 14.8. The van der Waals surface area contributed by atoms with Crippen molar-refractivity contribution in [3.63, 3.8) is 0 Å². The van der Waals surface area contributed by atoms with Crippen LogP contribution in [0.4, 0.5) is 13.2 Å². The summed E-state index contributed by atoms with van der Waals surface area (Å²) in [5, 5.41) is 12.3. The number of carboxylic acid groups (broad SMARTS) is 1. The zero-order valence-corrected chi connectivity index (χ0v) is 11.1. The van der Waals surface area contributed by atoms with Crippen molar-refractivity contribution < 1.29 is 31.5 Å². The zero-order valence-electron chi connectivity index (χ0n) is 10.3. The summed E-state index contributed by atoms with van der Waals surface area (Å²) in [6, 6.07) is 0. The predicted molar refractivity (Wildman–Crippen MR) is 61.1 cm³/mol. The Bertz CT molecular complexity index is 665. The molecule has 0 spiro atoms. The molecule has 20 heavy (non-hydrogen) atoms. The molecule has 0 saturated carbocycles. The molecule has 6 nitrogen and oxygen atoms in total. The van der Waals surface area contributed by atoms with E-state index in [0.29, 0.717) is 10.9 Å². The highest BCUT2D eigenvalue weighted by Gasteiger charge is 2.48. The fourth-order valence-electron chi connectivity index (χ4n) is 2.35. The van der Waals surface area contributed by atoms with Crippen molar-refractivity contribution in [3.8, 4) is 0 Å². The number of aromatic carboxylic acids is 1. The molecule has 0 amide bonds. The van der Waals surface area contributed by atoms with E-state index in [1.807, 2.05) is 0 Å². The monoisotopic (exact) mass is 312 g/mol. The molecule has 1 aromatic heterocycles. The second-order valence-corrected chi connectivity index (χ2v) is 7.14. The standard InChI is InChI=1S/C10H11F3N2O4S/c1-9(2-3-20(18,19)5-9)15-7(10(11,12)13)6(4-14-15)8(16)17/h4H,2-3,5H2,1H3,(H,16,17). The Hall–Kier alpha value is -1.58. The van der Waals surface area contributed by atoms with E-state index in [1.54, 1.807) is 0 Å². The SMILES string of the molecule is CC1(n2ncc(C(=O)O)c2C(F)(F)F)CCS(=O)(=O)C1. The van der Waals surface area contributed by atoms with Gasteiger partial charge < -0.3 is 5.11 Å². The maximum Gasteiger partial charge on any atom is 0.433 e. The van der Waals surface area contributed by atoms with Gasteiger partial charge in [-0.15, -0.1) is 0 Å². The Morgan fingerprint density at radius 3 is 2.50 bits per heavy atom. The van der Waals surface area contributed by atoms with E-state index >= 15 is 0 Å². The lowest BCUT2D eigenvalue weighted by molar-refractivity contribution is -0.146. The molecule has 1 unspecified atom stereocenters. The van der Waals surface area contributed by atoms with Gasteiger partial charge in [0, 0.05) is 0 Å². The topological polar surface area (TPSA) is 89.3 Å². The van der Waals surface area contributed by atoms with Crippen molar-refractivity contribution in [2.75, 3.05) is 11.5 Å². The molecule has 0 aliphatic carbocycles. The van der Waals surface area contributed by atoms with Crippen molar-refractivity contribution in [3.05, 3.63) is 17.5 Å². The van der Waals surface area contributed by atoms with Crippen LogP contribution in [0, 0.1) is 0 Å². The highest BCUT2D eigenvalue weighted by Crippen LogP contribution is 2.38. The van der Waals surface area contributed by atoms with E-state index in [2.05, 4.69) is 5.10 Å². The first-order chi connectivity index (χ1) is 8.96. The lowest BCUT2D eigenvalue weighted by atomic mass is 10.0. The number of sulfone groups is 1. The molecule has 0 bridgehead atoms. The number of rotatable bonds is 2. The normalized spacial score (nSPS) is 25.8. The molecule has 0 aromatic carbocycles. The number of halogens is 3. The van der Waals surface area contributed by atoms with Crippen LogP contribution in [0.1, 0.15) is 29.4 Å². The van der Waals surface area contributed by atoms with Crippen LogP contribution >= 0.6 is 0 Å². The number of hydrogen-bond acceptors (Lipinski definition) is 4. The Kier molecular flexibility index (Phi) is 3.12. The van der Waals surface area contributed by atoms with Crippen LogP contribution in [0.15, 0.2) is 6.20 Å². The van der Waals surface area contributed by atoms with Gasteiger partial charge in [-0.2, -0.15) is 18.3 Å². The molecular weight excluding hydrogens is 301 g/mol. The van der Waals surface area contributed by atoms with E-state index in [1.165, 1.54) is 6.92 Å². The molecule has 2 heterocycles. The lowest BCUT2D eigenvalue weighted by Gasteiger charge is -2.26. The van der Waals surface area contributed by atoms with Crippen molar-refractivity contribution in [2.45, 2.75) is 25.1 Å². The third kappa shape index (κ3) is 2.39. The van der Waals surface area contributed by atoms with Crippen LogP contribution in [-0.4, -0.2) is 40.8 Å². The van der Waals surface area contributed by atoms with Gasteiger partial charge in [-0.3, -0.25) is 4.68 Å². The molecule has 2 rings (SSSR count). The summed E-state index contributed by atoms with van der Waals surface area (Å²) in [4.78, 5) is 10.9. The number of hydrogen-bond donors (Lipinski definition) is 1. The summed E-state index contributed by atoms with van der Waals surface area (Å²) in [7, 11) is -3.45. The molecule has 1 aliphatic heterocycles. The molecule has 10 heteroatoms. The zero-order chi connectivity index (χ0) is 15.3. The number of alkyl halides is 3. The Morgan fingerprint density at radius 1 is 1.50 bits per heavy atom. The number of nitrogens with zero attached hydrogens (tertiary/aromatic N) is 2.